The predicted molar refractivity (Wildman–Crippen MR) is 87.2 cm³/mol. The van der Waals surface area contributed by atoms with Crippen molar-refractivity contribution in [1.29, 1.82) is 0 Å². The monoisotopic (exact) mass is 320 g/mol. The van der Waals surface area contributed by atoms with E-state index in [0.29, 0.717) is 28.7 Å². The zero-order chi connectivity index (χ0) is 14.8. The van der Waals surface area contributed by atoms with E-state index >= 15 is 0 Å². The summed E-state index contributed by atoms with van der Waals surface area (Å²) >= 11 is 12.0. The maximum Gasteiger partial charge on any atom is 0.229 e. The molecule has 0 aromatic heterocycles. The van der Waals surface area contributed by atoms with Crippen molar-refractivity contribution in [2.24, 2.45) is 5.92 Å². The van der Waals surface area contributed by atoms with Crippen molar-refractivity contribution in [3.63, 3.8) is 0 Å². The fourth-order valence-corrected chi connectivity index (χ4v) is 2.79. The van der Waals surface area contributed by atoms with Gasteiger partial charge in [-0.3, -0.25) is 4.79 Å². The Balaban J connectivity index is 1.74. The minimum atomic E-state index is -0.130. The number of para-hydroxylation sites is 1. The zero-order valence-electron chi connectivity index (χ0n) is 11.2. The molecule has 0 spiro atoms. The van der Waals surface area contributed by atoms with E-state index < -0.39 is 0 Å². The molecular formula is C16H14Cl2N2O. The second-order valence-corrected chi connectivity index (χ2v) is 5.90. The smallest absolute Gasteiger partial charge is 0.229 e. The first-order valence-electron chi connectivity index (χ1n) is 6.71. The van der Waals surface area contributed by atoms with Gasteiger partial charge in [-0.1, -0.05) is 41.4 Å². The second-order valence-electron chi connectivity index (χ2n) is 5.05. The van der Waals surface area contributed by atoms with E-state index in [1.54, 1.807) is 18.2 Å². The van der Waals surface area contributed by atoms with Crippen LogP contribution in [-0.2, 0) is 11.2 Å². The van der Waals surface area contributed by atoms with Crippen molar-refractivity contribution >= 4 is 40.5 Å². The van der Waals surface area contributed by atoms with Crippen LogP contribution in [0.15, 0.2) is 42.5 Å². The van der Waals surface area contributed by atoms with Crippen molar-refractivity contribution in [3.05, 3.63) is 58.1 Å². The molecule has 108 valence electrons. The Morgan fingerprint density at radius 3 is 2.86 bits per heavy atom. The number of carbonyl (C=O) groups excluding carboxylic acids is 1. The molecule has 0 saturated heterocycles. The van der Waals surface area contributed by atoms with E-state index in [-0.39, 0.29) is 11.8 Å². The lowest BCUT2D eigenvalue weighted by molar-refractivity contribution is -0.119. The highest BCUT2D eigenvalue weighted by Crippen LogP contribution is 2.28. The summed E-state index contributed by atoms with van der Waals surface area (Å²) in [5.41, 5.74) is 2.80. The normalized spacial score (nSPS) is 16.8. The topological polar surface area (TPSA) is 41.1 Å². The van der Waals surface area contributed by atoms with Crippen molar-refractivity contribution in [1.82, 2.24) is 0 Å². The molecule has 0 fully saturated rings. The number of carbonyl (C=O) groups is 1. The summed E-state index contributed by atoms with van der Waals surface area (Å²) in [5.74, 6) is -0.184. The van der Waals surface area contributed by atoms with Crippen LogP contribution in [0.5, 0.6) is 0 Å². The van der Waals surface area contributed by atoms with Gasteiger partial charge in [-0.05, 0) is 36.2 Å². The van der Waals surface area contributed by atoms with E-state index in [4.69, 9.17) is 23.2 Å². The number of anilines is 2. The largest absolute Gasteiger partial charge is 0.384 e. The fourth-order valence-electron chi connectivity index (χ4n) is 2.46. The molecule has 0 saturated carbocycles. The fraction of sp³-hybridized carbons (Fsp3) is 0.188. The lowest BCUT2D eigenvalue weighted by atomic mass is 9.93. The predicted octanol–water partition coefficient (Wildman–Crippen LogP) is 4.22. The number of amides is 1. The number of hydrogen-bond acceptors (Lipinski definition) is 2. The highest BCUT2D eigenvalue weighted by Gasteiger charge is 2.24. The van der Waals surface area contributed by atoms with Crippen LogP contribution >= 0.6 is 23.2 Å². The van der Waals surface area contributed by atoms with Gasteiger partial charge in [-0.15, -0.1) is 0 Å². The van der Waals surface area contributed by atoms with Crippen LogP contribution < -0.4 is 10.6 Å². The van der Waals surface area contributed by atoms with Crippen LogP contribution in [-0.4, -0.2) is 12.5 Å². The molecule has 21 heavy (non-hydrogen) atoms. The van der Waals surface area contributed by atoms with Gasteiger partial charge in [0.25, 0.3) is 0 Å². The van der Waals surface area contributed by atoms with Crippen molar-refractivity contribution in [3.8, 4) is 0 Å². The van der Waals surface area contributed by atoms with Crippen molar-refractivity contribution in [2.45, 2.75) is 6.42 Å². The number of nitrogens with one attached hydrogen (secondary N) is 2. The molecule has 1 aliphatic heterocycles. The Hall–Kier alpha value is -1.71. The Morgan fingerprint density at radius 2 is 2.00 bits per heavy atom. The van der Waals surface area contributed by atoms with E-state index in [2.05, 4.69) is 10.6 Å². The molecule has 3 rings (SSSR count). The summed E-state index contributed by atoms with van der Waals surface area (Å²) in [6, 6.07) is 13.1. The Bertz CT molecular complexity index is 688. The van der Waals surface area contributed by atoms with Crippen LogP contribution in [0.25, 0.3) is 0 Å². The number of fused-ring (bicyclic) bond motifs is 1. The van der Waals surface area contributed by atoms with Crippen LogP contribution in [0.3, 0.4) is 0 Å². The molecule has 1 unspecified atom stereocenters. The average molecular weight is 321 g/mol. The number of hydrogen-bond donors (Lipinski definition) is 2. The number of rotatable bonds is 2. The maximum atomic E-state index is 12.4. The third kappa shape index (κ3) is 3.14. The molecule has 2 N–H and O–H groups in total. The first-order chi connectivity index (χ1) is 10.1. The number of halogens is 2. The van der Waals surface area contributed by atoms with Crippen LogP contribution in [0, 0.1) is 5.92 Å². The minimum absolute atomic E-state index is 0.0545. The lowest BCUT2D eigenvalue weighted by Crippen LogP contribution is -2.33. The zero-order valence-corrected chi connectivity index (χ0v) is 12.7. The van der Waals surface area contributed by atoms with Crippen LogP contribution in [0.2, 0.25) is 10.0 Å². The molecule has 2 aromatic rings. The quantitative estimate of drug-likeness (QED) is 0.870. The highest BCUT2D eigenvalue weighted by molar-refractivity contribution is 6.35. The van der Waals surface area contributed by atoms with Gasteiger partial charge in [-0.2, -0.15) is 0 Å². The van der Waals surface area contributed by atoms with E-state index in [1.807, 2.05) is 24.3 Å². The maximum absolute atomic E-state index is 12.4. The van der Waals surface area contributed by atoms with Gasteiger partial charge in [0, 0.05) is 17.3 Å². The van der Waals surface area contributed by atoms with Crippen molar-refractivity contribution in [2.75, 3.05) is 17.2 Å². The van der Waals surface area contributed by atoms with Gasteiger partial charge in [0.2, 0.25) is 5.91 Å². The first-order valence-corrected chi connectivity index (χ1v) is 7.47. The SMILES string of the molecule is O=C(Nc1cc(Cl)ccc1Cl)C1CNc2ccccc2C1. The standard InChI is InChI=1S/C16H14Cl2N2O/c17-12-5-6-13(18)15(8-12)20-16(21)11-7-10-3-1-2-4-14(10)19-9-11/h1-6,8,11,19H,7,9H2,(H,20,21). The molecule has 5 heteroatoms. The average Bonchev–Trinajstić information content (AvgIpc) is 2.50. The summed E-state index contributed by atoms with van der Waals surface area (Å²) in [6.07, 6.45) is 0.715. The molecule has 3 nitrogen and oxygen atoms in total. The summed E-state index contributed by atoms with van der Waals surface area (Å²) in [7, 11) is 0. The van der Waals surface area contributed by atoms with Gasteiger partial charge in [-0.25, -0.2) is 0 Å². The summed E-state index contributed by atoms with van der Waals surface area (Å²) in [4.78, 5) is 12.4. The van der Waals surface area contributed by atoms with Crippen molar-refractivity contribution < 1.29 is 4.79 Å². The molecule has 2 aromatic carbocycles. The molecule has 1 atom stereocenters. The van der Waals surface area contributed by atoms with Gasteiger partial charge in [0.05, 0.1) is 16.6 Å². The molecule has 1 aliphatic rings. The third-order valence-corrected chi connectivity index (χ3v) is 4.14. The summed E-state index contributed by atoms with van der Waals surface area (Å²) < 4.78 is 0. The van der Waals surface area contributed by atoms with E-state index in [1.165, 1.54) is 0 Å². The second kappa shape index (κ2) is 5.96. The molecular weight excluding hydrogens is 307 g/mol. The molecule has 0 bridgehead atoms. The van der Waals surface area contributed by atoms with Gasteiger partial charge < -0.3 is 10.6 Å². The molecule has 0 aliphatic carbocycles. The highest BCUT2D eigenvalue weighted by atomic mass is 35.5. The van der Waals surface area contributed by atoms with Gasteiger partial charge in [0.1, 0.15) is 0 Å². The first kappa shape index (κ1) is 14.2. The van der Waals surface area contributed by atoms with E-state index in [0.717, 1.165) is 11.3 Å². The molecule has 0 radical (unpaired) electrons. The lowest BCUT2D eigenvalue weighted by Gasteiger charge is -2.25. The Labute approximate surface area is 133 Å². The third-order valence-electron chi connectivity index (χ3n) is 3.58. The molecule has 1 heterocycles. The summed E-state index contributed by atoms with van der Waals surface area (Å²) in [5, 5.41) is 7.17. The Morgan fingerprint density at radius 1 is 1.19 bits per heavy atom. The van der Waals surface area contributed by atoms with E-state index in [9.17, 15) is 4.79 Å². The Kier molecular flexibility index (Phi) is 4.04. The van der Waals surface area contributed by atoms with Gasteiger partial charge >= 0.3 is 0 Å². The van der Waals surface area contributed by atoms with Crippen LogP contribution in [0.1, 0.15) is 5.56 Å². The van der Waals surface area contributed by atoms with Crippen LogP contribution in [0.4, 0.5) is 11.4 Å². The summed E-state index contributed by atoms with van der Waals surface area (Å²) in [6.45, 7) is 0.612. The number of benzene rings is 2. The molecule has 1 amide bonds. The minimum Gasteiger partial charge on any atom is -0.384 e. The van der Waals surface area contributed by atoms with Gasteiger partial charge in [0.15, 0.2) is 0 Å².